The summed E-state index contributed by atoms with van der Waals surface area (Å²) in [6.45, 7) is 0. The van der Waals surface area contributed by atoms with Crippen LogP contribution >= 0.6 is 0 Å². The van der Waals surface area contributed by atoms with E-state index in [0.29, 0.717) is 0 Å². The molecule has 0 amide bonds. The van der Waals surface area contributed by atoms with Gasteiger partial charge in [0.05, 0.1) is 66.5 Å². The van der Waals surface area contributed by atoms with Crippen molar-refractivity contribution >= 4 is 102 Å². The lowest BCUT2D eigenvalue weighted by Gasteiger charge is -2.12. The molecule has 0 aliphatic heterocycles. The summed E-state index contributed by atoms with van der Waals surface area (Å²) in [4.78, 5) is 98.3. The number of rotatable bonds is 6. The van der Waals surface area contributed by atoms with Gasteiger partial charge in [-0.1, -0.05) is 0 Å². The van der Waals surface area contributed by atoms with Gasteiger partial charge in [-0.05, 0) is 36.4 Å². The van der Waals surface area contributed by atoms with Crippen molar-refractivity contribution in [3.05, 3.63) is 69.8 Å². The largest absolute Gasteiger partial charge is 0.478 e. The fourth-order valence-corrected chi connectivity index (χ4v) is 5.36. The van der Waals surface area contributed by atoms with Crippen molar-refractivity contribution in [2.24, 2.45) is 0 Å². The highest BCUT2D eigenvalue weighted by Gasteiger charge is 2.25. The van der Waals surface area contributed by atoms with E-state index in [9.17, 15) is 59.4 Å². The molecule has 4 aromatic carbocycles. The van der Waals surface area contributed by atoms with Gasteiger partial charge in [-0.15, -0.1) is 0 Å². The molecule has 3 heterocycles. The molecule has 7 rings (SSSR count). The molecule has 0 saturated heterocycles. The maximum Gasteiger partial charge on any atom is 0.336 e. The van der Waals surface area contributed by atoms with Crippen LogP contribution in [0, 0.1) is 0 Å². The zero-order chi connectivity index (χ0) is 34.3. The van der Waals surface area contributed by atoms with Crippen molar-refractivity contribution in [3.8, 4) is 0 Å². The van der Waals surface area contributed by atoms with Crippen LogP contribution in [0.2, 0.25) is 0 Å². The highest BCUT2D eigenvalue weighted by atomic mass is 16.4. The van der Waals surface area contributed by atoms with E-state index in [4.69, 9.17) is 0 Å². The number of carbonyl (C=O) groups is 6. The lowest BCUT2D eigenvalue weighted by molar-refractivity contribution is 0.0652. The zero-order valence-electron chi connectivity index (χ0n) is 23.3. The third kappa shape index (κ3) is 4.28. The van der Waals surface area contributed by atoms with Crippen molar-refractivity contribution in [3.63, 3.8) is 0 Å². The van der Waals surface area contributed by atoms with Crippen LogP contribution in [0.1, 0.15) is 62.1 Å². The average Bonchev–Trinajstić information content (AvgIpc) is 3.03. The second-order valence-electron chi connectivity index (χ2n) is 10.3. The fourth-order valence-electron chi connectivity index (χ4n) is 5.36. The summed E-state index contributed by atoms with van der Waals surface area (Å²) in [5.74, 6) is -9.37. The molecule has 48 heavy (non-hydrogen) atoms. The lowest BCUT2D eigenvalue weighted by Crippen LogP contribution is -2.10. The number of nitrogens with zero attached hydrogens (tertiary/aromatic N) is 6. The normalized spacial score (nSPS) is 11.5. The Morgan fingerprint density at radius 1 is 0.292 bits per heavy atom. The maximum absolute atomic E-state index is 11.9. The predicted octanol–water partition coefficient (Wildman–Crippen LogP) is 3.17. The summed E-state index contributed by atoms with van der Waals surface area (Å²) in [6.07, 6.45) is 0. The van der Waals surface area contributed by atoms with Gasteiger partial charge in [0.15, 0.2) is 0 Å². The van der Waals surface area contributed by atoms with Gasteiger partial charge < -0.3 is 30.6 Å². The Hall–Kier alpha value is -7.50. The molecule has 6 N–H and O–H groups in total. The van der Waals surface area contributed by atoms with Gasteiger partial charge in [0.1, 0.15) is 33.1 Å². The van der Waals surface area contributed by atoms with Crippen molar-refractivity contribution in [1.29, 1.82) is 0 Å². The SMILES string of the molecule is O=C(O)c1cc2nc3c4nc5cc(C(=O)O)c(C(=O)O)cc5nc4c4nc5cc(C(=O)O)c(C(=O)O)cc5nc4c3nc2cc1C(=O)O. The average molecular weight is 648 g/mol. The minimum absolute atomic E-state index is 0.0899. The van der Waals surface area contributed by atoms with Gasteiger partial charge in [0.25, 0.3) is 0 Å². The van der Waals surface area contributed by atoms with E-state index < -0.39 is 69.2 Å². The number of fused-ring (bicyclic) bond motifs is 9. The monoisotopic (exact) mass is 648 g/mol. The van der Waals surface area contributed by atoms with Crippen LogP contribution in [0.25, 0.3) is 66.2 Å². The highest BCUT2D eigenvalue weighted by molar-refractivity contribution is 6.22. The summed E-state index contributed by atoms with van der Waals surface area (Å²) < 4.78 is 0. The predicted molar refractivity (Wildman–Crippen MR) is 160 cm³/mol. The quantitative estimate of drug-likeness (QED) is 0.111. The Morgan fingerprint density at radius 2 is 0.417 bits per heavy atom. The molecule has 3 aromatic heterocycles. The van der Waals surface area contributed by atoms with Gasteiger partial charge in [-0.25, -0.2) is 58.7 Å². The molecule has 7 aromatic rings. The van der Waals surface area contributed by atoms with Gasteiger partial charge in [0, 0.05) is 0 Å². The molecule has 0 aliphatic carbocycles. The van der Waals surface area contributed by atoms with Gasteiger partial charge in [0.2, 0.25) is 0 Å². The van der Waals surface area contributed by atoms with Crippen molar-refractivity contribution in [2.45, 2.75) is 0 Å². The first kappa shape index (κ1) is 29.2. The first-order valence-electron chi connectivity index (χ1n) is 13.2. The second-order valence-corrected chi connectivity index (χ2v) is 10.3. The zero-order valence-corrected chi connectivity index (χ0v) is 23.3. The summed E-state index contributed by atoms with van der Waals surface area (Å²) in [7, 11) is 0. The molecule has 234 valence electrons. The maximum atomic E-state index is 11.9. The fraction of sp³-hybridized carbons (Fsp3) is 0. The lowest BCUT2D eigenvalue weighted by atomic mass is 10.0. The van der Waals surface area contributed by atoms with Crippen LogP contribution in [-0.4, -0.2) is 96.4 Å². The molecule has 0 spiro atoms. The Bertz CT molecular complexity index is 2250. The number of benzene rings is 4. The Morgan fingerprint density at radius 3 is 0.521 bits per heavy atom. The van der Waals surface area contributed by atoms with Crippen LogP contribution in [0.3, 0.4) is 0 Å². The van der Waals surface area contributed by atoms with Gasteiger partial charge in [-0.2, -0.15) is 0 Å². The number of aromatic carboxylic acids is 6. The second kappa shape index (κ2) is 10.0. The van der Waals surface area contributed by atoms with E-state index in [-0.39, 0.29) is 66.2 Å². The minimum Gasteiger partial charge on any atom is -0.478 e. The Labute approximate surface area is 261 Å². The molecular formula is C30H12N6O12. The number of hydrogen-bond acceptors (Lipinski definition) is 12. The van der Waals surface area contributed by atoms with Crippen molar-refractivity contribution < 1.29 is 59.4 Å². The van der Waals surface area contributed by atoms with E-state index in [2.05, 4.69) is 29.9 Å². The van der Waals surface area contributed by atoms with Crippen LogP contribution in [-0.2, 0) is 0 Å². The Balaban J connectivity index is 1.72. The topological polar surface area (TPSA) is 301 Å². The van der Waals surface area contributed by atoms with E-state index in [1.807, 2.05) is 0 Å². The molecule has 0 fully saturated rings. The molecule has 0 unspecified atom stereocenters. The van der Waals surface area contributed by atoms with E-state index in [1.54, 1.807) is 0 Å². The van der Waals surface area contributed by atoms with Crippen LogP contribution in [0.15, 0.2) is 36.4 Å². The third-order valence-electron chi connectivity index (χ3n) is 7.47. The summed E-state index contributed by atoms with van der Waals surface area (Å²) in [6, 6.07) is 5.91. The molecule has 0 bridgehead atoms. The number of carboxylic acids is 6. The molecule has 0 radical (unpaired) electrons. The Kier molecular flexibility index (Phi) is 6.09. The molecule has 18 heteroatoms. The molecule has 18 nitrogen and oxygen atoms in total. The van der Waals surface area contributed by atoms with Crippen molar-refractivity contribution in [2.75, 3.05) is 0 Å². The highest BCUT2D eigenvalue weighted by Crippen LogP contribution is 2.34. The number of carboxylic acid groups (broad SMARTS) is 6. The molecule has 0 aliphatic rings. The summed E-state index contributed by atoms with van der Waals surface area (Å²) >= 11 is 0. The number of aromatic nitrogens is 6. The molecular weight excluding hydrogens is 636 g/mol. The van der Waals surface area contributed by atoms with E-state index in [0.717, 1.165) is 36.4 Å². The van der Waals surface area contributed by atoms with Crippen LogP contribution in [0.4, 0.5) is 0 Å². The first-order valence-corrected chi connectivity index (χ1v) is 13.2. The van der Waals surface area contributed by atoms with Crippen molar-refractivity contribution in [1.82, 2.24) is 29.9 Å². The van der Waals surface area contributed by atoms with E-state index in [1.165, 1.54) is 0 Å². The third-order valence-corrected chi connectivity index (χ3v) is 7.47. The van der Waals surface area contributed by atoms with Crippen LogP contribution < -0.4 is 0 Å². The van der Waals surface area contributed by atoms with Gasteiger partial charge >= 0.3 is 35.8 Å². The first-order chi connectivity index (χ1) is 22.7. The summed E-state index contributed by atoms with van der Waals surface area (Å²) in [5, 5.41) is 57.9. The van der Waals surface area contributed by atoms with Crippen LogP contribution in [0.5, 0.6) is 0 Å². The van der Waals surface area contributed by atoms with E-state index >= 15 is 0 Å². The van der Waals surface area contributed by atoms with Gasteiger partial charge in [-0.3, -0.25) is 0 Å². The summed E-state index contributed by atoms with van der Waals surface area (Å²) in [5.41, 5.74) is -4.67. The molecule has 0 atom stereocenters. The number of hydrogen-bond donors (Lipinski definition) is 6. The smallest absolute Gasteiger partial charge is 0.336 e. The molecule has 0 saturated carbocycles. The standard InChI is InChI=1S/C30H12N6O12/c37-25(38)7-1-13-14(2-8(7)26(39)40)32-20-19(31-13)21-23(35-16-4-10(28(43)44)9(27(41)42)3-15(16)33-21)24-22(20)34-17-5-11(29(45)46)12(30(47)48)6-18(17)36-24/h1-6H,(H,37,38)(H,39,40)(H,41,42)(H,43,44)(H,45,46)(H,47,48). The minimum atomic E-state index is -1.56.